The van der Waals surface area contributed by atoms with E-state index in [4.69, 9.17) is 0 Å². The SMILES string of the molecule is CCC(C)NC(=O)CC(Cc1ccccc1)c1cn(C)c2ccccc12. The molecule has 1 amide bonds. The quantitative estimate of drug-likeness (QED) is 0.653. The highest BCUT2D eigenvalue weighted by Gasteiger charge is 2.21. The molecule has 3 aromatic rings. The van der Waals surface area contributed by atoms with Gasteiger partial charge in [0.25, 0.3) is 0 Å². The number of benzene rings is 2. The molecule has 26 heavy (non-hydrogen) atoms. The summed E-state index contributed by atoms with van der Waals surface area (Å²) in [5.41, 5.74) is 3.73. The second-order valence-corrected chi connectivity index (χ2v) is 7.18. The van der Waals surface area contributed by atoms with E-state index in [0.717, 1.165) is 12.8 Å². The van der Waals surface area contributed by atoms with E-state index >= 15 is 0 Å². The molecule has 0 saturated carbocycles. The zero-order valence-electron chi connectivity index (χ0n) is 15.9. The molecule has 3 heteroatoms. The molecule has 0 radical (unpaired) electrons. The minimum atomic E-state index is 0.133. The Kier molecular flexibility index (Phi) is 5.77. The first-order valence-corrected chi connectivity index (χ1v) is 9.45. The molecule has 3 nitrogen and oxygen atoms in total. The van der Waals surface area contributed by atoms with Gasteiger partial charge < -0.3 is 9.88 Å². The first-order chi connectivity index (χ1) is 12.6. The number of hydrogen-bond donors (Lipinski definition) is 1. The van der Waals surface area contributed by atoms with Crippen molar-refractivity contribution in [2.24, 2.45) is 7.05 Å². The van der Waals surface area contributed by atoms with Gasteiger partial charge in [-0.2, -0.15) is 0 Å². The second-order valence-electron chi connectivity index (χ2n) is 7.18. The van der Waals surface area contributed by atoms with E-state index in [9.17, 15) is 4.79 Å². The molecule has 3 rings (SSSR count). The van der Waals surface area contributed by atoms with Crippen molar-refractivity contribution in [1.82, 2.24) is 9.88 Å². The predicted octanol–water partition coefficient (Wildman–Crippen LogP) is 4.81. The lowest BCUT2D eigenvalue weighted by atomic mass is 9.88. The van der Waals surface area contributed by atoms with Gasteiger partial charge in [0.1, 0.15) is 0 Å². The third kappa shape index (κ3) is 4.16. The van der Waals surface area contributed by atoms with Crippen LogP contribution >= 0.6 is 0 Å². The molecule has 0 aliphatic rings. The highest BCUT2D eigenvalue weighted by Crippen LogP contribution is 2.32. The maximum absolute atomic E-state index is 12.6. The summed E-state index contributed by atoms with van der Waals surface area (Å²) in [6.07, 6.45) is 4.51. The molecule has 2 atom stereocenters. The Balaban J connectivity index is 1.92. The van der Waals surface area contributed by atoms with Gasteiger partial charge >= 0.3 is 0 Å². The highest BCUT2D eigenvalue weighted by molar-refractivity contribution is 5.86. The van der Waals surface area contributed by atoms with Crippen LogP contribution in [0.3, 0.4) is 0 Å². The van der Waals surface area contributed by atoms with Gasteiger partial charge in [-0.15, -0.1) is 0 Å². The topological polar surface area (TPSA) is 34.0 Å². The van der Waals surface area contributed by atoms with E-state index in [-0.39, 0.29) is 17.9 Å². The van der Waals surface area contributed by atoms with Crippen LogP contribution in [0.1, 0.15) is 43.7 Å². The molecule has 0 saturated heterocycles. The molecule has 2 aromatic carbocycles. The fourth-order valence-corrected chi connectivity index (χ4v) is 3.55. The first-order valence-electron chi connectivity index (χ1n) is 9.45. The van der Waals surface area contributed by atoms with Gasteiger partial charge in [0.15, 0.2) is 0 Å². The monoisotopic (exact) mass is 348 g/mol. The number of carbonyl (C=O) groups excluding carboxylic acids is 1. The number of aryl methyl sites for hydroxylation is 1. The first kappa shape index (κ1) is 18.2. The van der Waals surface area contributed by atoms with Crippen molar-refractivity contribution in [2.45, 2.75) is 45.1 Å². The lowest BCUT2D eigenvalue weighted by Gasteiger charge is -2.19. The zero-order chi connectivity index (χ0) is 18.5. The van der Waals surface area contributed by atoms with Gasteiger partial charge in [-0.25, -0.2) is 0 Å². The van der Waals surface area contributed by atoms with Crippen molar-refractivity contribution >= 4 is 16.8 Å². The van der Waals surface area contributed by atoms with Gasteiger partial charge in [-0.05, 0) is 42.9 Å². The minimum absolute atomic E-state index is 0.133. The fourth-order valence-electron chi connectivity index (χ4n) is 3.55. The Bertz CT molecular complexity index is 866. The van der Waals surface area contributed by atoms with Gasteiger partial charge in [-0.1, -0.05) is 55.5 Å². The average Bonchev–Trinajstić information content (AvgIpc) is 2.99. The van der Waals surface area contributed by atoms with Gasteiger partial charge in [0.05, 0.1) is 0 Å². The summed E-state index contributed by atoms with van der Waals surface area (Å²) < 4.78 is 2.16. The number of hydrogen-bond acceptors (Lipinski definition) is 1. The van der Waals surface area contributed by atoms with Crippen LogP contribution in [0.5, 0.6) is 0 Å². The molecule has 0 aliphatic heterocycles. The second kappa shape index (κ2) is 8.22. The number of amides is 1. The average molecular weight is 348 g/mol. The molecule has 0 aliphatic carbocycles. The maximum Gasteiger partial charge on any atom is 0.220 e. The lowest BCUT2D eigenvalue weighted by Crippen LogP contribution is -2.33. The third-order valence-corrected chi connectivity index (χ3v) is 5.14. The Morgan fingerprint density at radius 2 is 1.77 bits per heavy atom. The number of carbonyl (C=O) groups is 1. The van der Waals surface area contributed by atoms with E-state index < -0.39 is 0 Å². The van der Waals surface area contributed by atoms with Crippen LogP contribution in [-0.4, -0.2) is 16.5 Å². The number of para-hydroxylation sites is 1. The molecule has 1 heterocycles. The maximum atomic E-state index is 12.6. The summed E-state index contributed by atoms with van der Waals surface area (Å²) in [7, 11) is 2.07. The molecule has 0 bridgehead atoms. The molecule has 2 unspecified atom stereocenters. The summed E-state index contributed by atoms with van der Waals surface area (Å²) >= 11 is 0. The van der Waals surface area contributed by atoms with E-state index in [2.05, 4.69) is 85.5 Å². The molecular formula is C23H28N2O. The number of fused-ring (bicyclic) bond motifs is 1. The highest BCUT2D eigenvalue weighted by atomic mass is 16.1. The Morgan fingerprint density at radius 1 is 1.08 bits per heavy atom. The summed E-state index contributed by atoms with van der Waals surface area (Å²) in [5.74, 6) is 0.292. The molecule has 0 fully saturated rings. The molecule has 1 aromatic heterocycles. The molecule has 136 valence electrons. The fraction of sp³-hybridized carbons (Fsp3) is 0.348. The largest absolute Gasteiger partial charge is 0.354 e. The number of aromatic nitrogens is 1. The Morgan fingerprint density at radius 3 is 2.50 bits per heavy atom. The minimum Gasteiger partial charge on any atom is -0.354 e. The van der Waals surface area contributed by atoms with Crippen molar-refractivity contribution in [3.8, 4) is 0 Å². The van der Waals surface area contributed by atoms with Crippen LogP contribution in [-0.2, 0) is 18.3 Å². The summed E-state index contributed by atoms with van der Waals surface area (Å²) in [6, 6.07) is 19.1. The van der Waals surface area contributed by atoms with Crippen molar-refractivity contribution in [2.75, 3.05) is 0 Å². The van der Waals surface area contributed by atoms with E-state index in [1.807, 2.05) is 6.07 Å². The number of nitrogens with zero attached hydrogens (tertiary/aromatic N) is 1. The smallest absolute Gasteiger partial charge is 0.220 e. The zero-order valence-corrected chi connectivity index (χ0v) is 15.9. The van der Waals surface area contributed by atoms with Crippen LogP contribution in [0.25, 0.3) is 10.9 Å². The molecule has 1 N–H and O–H groups in total. The normalized spacial score (nSPS) is 13.5. The van der Waals surface area contributed by atoms with E-state index in [1.54, 1.807) is 0 Å². The lowest BCUT2D eigenvalue weighted by molar-refractivity contribution is -0.122. The van der Waals surface area contributed by atoms with Gasteiger partial charge in [-0.3, -0.25) is 4.79 Å². The summed E-state index contributed by atoms with van der Waals surface area (Å²) in [5, 5.41) is 4.37. The van der Waals surface area contributed by atoms with E-state index in [0.29, 0.717) is 6.42 Å². The Hall–Kier alpha value is -2.55. The predicted molar refractivity (Wildman–Crippen MR) is 108 cm³/mol. The number of nitrogens with one attached hydrogen (secondary N) is 1. The standard InChI is InChI=1S/C23H28N2O/c1-4-17(2)24-23(26)15-19(14-18-10-6-5-7-11-18)21-16-25(3)22-13-9-8-12-20(21)22/h5-13,16-17,19H,4,14-15H2,1-3H3,(H,24,26). The molecule has 0 spiro atoms. The van der Waals surface area contributed by atoms with Crippen LogP contribution in [0.2, 0.25) is 0 Å². The third-order valence-electron chi connectivity index (χ3n) is 5.14. The van der Waals surface area contributed by atoms with Gasteiger partial charge in [0.2, 0.25) is 5.91 Å². The summed E-state index contributed by atoms with van der Waals surface area (Å²) in [6.45, 7) is 4.15. The van der Waals surface area contributed by atoms with Crippen molar-refractivity contribution in [3.05, 3.63) is 71.9 Å². The van der Waals surface area contributed by atoms with E-state index in [1.165, 1.54) is 22.0 Å². The Labute approximate surface area is 156 Å². The summed E-state index contributed by atoms with van der Waals surface area (Å²) in [4.78, 5) is 12.6. The van der Waals surface area contributed by atoms with Crippen molar-refractivity contribution in [3.63, 3.8) is 0 Å². The van der Waals surface area contributed by atoms with Gasteiger partial charge in [0, 0.05) is 36.6 Å². The van der Waals surface area contributed by atoms with Crippen molar-refractivity contribution < 1.29 is 4.79 Å². The van der Waals surface area contributed by atoms with Crippen LogP contribution in [0.15, 0.2) is 60.8 Å². The van der Waals surface area contributed by atoms with Crippen molar-refractivity contribution in [1.29, 1.82) is 0 Å². The van der Waals surface area contributed by atoms with Crippen LogP contribution in [0, 0.1) is 0 Å². The van der Waals surface area contributed by atoms with Crippen LogP contribution in [0.4, 0.5) is 0 Å². The number of rotatable bonds is 7. The van der Waals surface area contributed by atoms with Crippen LogP contribution < -0.4 is 5.32 Å². The molecular weight excluding hydrogens is 320 g/mol.